The van der Waals surface area contributed by atoms with E-state index in [4.69, 9.17) is 28.9 Å². The van der Waals surface area contributed by atoms with Crippen molar-refractivity contribution >= 4 is 74.1 Å². The molecule has 5 rings (SSSR count). The number of anilines is 2. The third kappa shape index (κ3) is 4.65. The molecule has 13 heteroatoms. The number of rotatable bonds is 4. The normalized spacial score (nSPS) is 12.9. The van der Waals surface area contributed by atoms with E-state index in [0.717, 1.165) is 16.0 Å². The average Bonchev–Trinajstić information content (AvgIpc) is 3.40. The summed E-state index contributed by atoms with van der Waals surface area (Å²) in [7, 11) is 0. The number of primary amides is 1. The summed E-state index contributed by atoms with van der Waals surface area (Å²) in [6.07, 6.45) is 0.426. The van der Waals surface area contributed by atoms with Gasteiger partial charge in [-0.3, -0.25) is 20.0 Å². The highest BCUT2D eigenvalue weighted by atomic mass is 35.5. The Balaban J connectivity index is 1.36. The number of amides is 4. The van der Waals surface area contributed by atoms with Crippen molar-refractivity contribution in [2.75, 3.05) is 17.2 Å². The molecule has 0 aliphatic carbocycles. The number of aromatic amines is 1. The molecule has 2 aromatic heterocycles. The van der Waals surface area contributed by atoms with Crippen LogP contribution in [0.5, 0.6) is 0 Å². The van der Waals surface area contributed by atoms with Crippen molar-refractivity contribution in [2.45, 2.75) is 13.0 Å². The van der Waals surface area contributed by atoms with Crippen molar-refractivity contribution in [3.8, 4) is 0 Å². The number of carbonyl (C=O) groups excluding carboxylic acids is 3. The largest absolute Gasteiger partial charge is 0.365 e. The molecule has 0 atom stereocenters. The van der Waals surface area contributed by atoms with Gasteiger partial charge < -0.3 is 16.0 Å². The molecular formula is C22H17Cl2N7O3S. The van der Waals surface area contributed by atoms with Crippen LogP contribution in [0.15, 0.2) is 36.4 Å². The van der Waals surface area contributed by atoms with Crippen LogP contribution in [-0.4, -0.2) is 44.7 Å². The van der Waals surface area contributed by atoms with E-state index in [0.29, 0.717) is 44.8 Å². The molecule has 4 amide bonds. The van der Waals surface area contributed by atoms with Crippen molar-refractivity contribution in [3.63, 3.8) is 0 Å². The molecule has 10 nitrogen and oxygen atoms in total. The number of hydrogen-bond donors (Lipinski definition) is 4. The van der Waals surface area contributed by atoms with Crippen LogP contribution < -0.4 is 16.4 Å². The van der Waals surface area contributed by atoms with Crippen molar-refractivity contribution < 1.29 is 14.4 Å². The van der Waals surface area contributed by atoms with E-state index < -0.39 is 11.9 Å². The summed E-state index contributed by atoms with van der Waals surface area (Å²) in [5.41, 5.74) is 8.84. The summed E-state index contributed by atoms with van der Waals surface area (Å²) >= 11 is 13.2. The molecule has 3 heterocycles. The summed E-state index contributed by atoms with van der Waals surface area (Å²) in [6, 6.07) is 9.19. The Kier molecular flexibility index (Phi) is 6.05. The highest BCUT2D eigenvalue weighted by molar-refractivity contribution is 7.17. The molecule has 0 saturated heterocycles. The van der Waals surface area contributed by atoms with Gasteiger partial charge in [0.1, 0.15) is 10.5 Å². The first-order valence-electron chi connectivity index (χ1n) is 10.4. The number of H-pyrrole nitrogens is 1. The molecular weight excluding hydrogens is 513 g/mol. The Hall–Kier alpha value is -3.67. The molecule has 5 N–H and O–H groups in total. The second kappa shape index (κ2) is 9.17. The van der Waals surface area contributed by atoms with E-state index in [1.54, 1.807) is 41.3 Å². The number of nitrogens with zero attached hydrogens (tertiary/aromatic N) is 3. The van der Waals surface area contributed by atoms with E-state index in [-0.39, 0.29) is 18.0 Å². The number of carbonyl (C=O) groups is 3. The minimum absolute atomic E-state index is 0.167. The molecule has 2 aromatic carbocycles. The number of nitrogens with one attached hydrogen (secondary N) is 3. The minimum Gasteiger partial charge on any atom is -0.365 e. The van der Waals surface area contributed by atoms with E-state index in [9.17, 15) is 14.4 Å². The molecule has 0 unspecified atom stereocenters. The van der Waals surface area contributed by atoms with Crippen LogP contribution in [0.2, 0.25) is 10.0 Å². The maximum atomic E-state index is 13.1. The second-order valence-electron chi connectivity index (χ2n) is 7.83. The van der Waals surface area contributed by atoms with Crippen LogP contribution in [0.1, 0.15) is 31.2 Å². The standard InChI is InChI=1S/C22H17Cl2N7O3S/c23-11-6-12(24)8-13(7-11)26-22(34)27-20-18(19(25)32)14-3-4-31(9-17(14)35-20)21(33)10-1-2-15-16(5-10)29-30-28-15/h1-2,5-8H,3-4,9H2,(H2,25,32)(H2,26,27,34)(H,28,29,30). The molecule has 35 heavy (non-hydrogen) atoms. The van der Waals surface area contributed by atoms with E-state index in [1.165, 1.54) is 11.3 Å². The third-order valence-corrected chi connectivity index (χ3v) is 7.08. The number of fused-ring (bicyclic) bond motifs is 2. The number of benzene rings is 2. The lowest BCUT2D eigenvalue weighted by molar-refractivity contribution is 0.0737. The van der Waals surface area contributed by atoms with Crippen LogP contribution in [0, 0.1) is 0 Å². The van der Waals surface area contributed by atoms with Gasteiger partial charge in [0.15, 0.2) is 0 Å². The number of halogens is 2. The zero-order valence-electron chi connectivity index (χ0n) is 17.9. The summed E-state index contributed by atoms with van der Waals surface area (Å²) in [5.74, 6) is -0.820. The zero-order chi connectivity index (χ0) is 24.7. The highest BCUT2D eigenvalue weighted by Crippen LogP contribution is 2.37. The number of hydrogen-bond acceptors (Lipinski definition) is 6. The molecule has 0 radical (unpaired) electrons. The van der Waals surface area contributed by atoms with E-state index in [1.807, 2.05) is 0 Å². The molecule has 0 saturated carbocycles. The molecule has 1 aliphatic rings. The van der Waals surface area contributed by atoms with Crippen molar-refractivity contribution in [3.05, 3.63) is 68.0 Å². The smallest absolute Gasteiger partial charge is 0.324 e. The Bertz CT molecular complexity index is 1480. The Morgan fingerprint density at radius 3 is 2.60 bits per heavy atom. The predicted molar refractivity (Wildman–Crippen MR) is 134 cm³/mol. The number of aromatic nitrogens is 3. The first-order valence-corrected chi connectivity index (χ1v) is 11.9. The summed E-state index contributed by atoms with van der Waals surface area (Å²) in [4.78, 5) is 40.4. The van der Waals surface area contributed by atoms with Crippen molar-refractivity contribution in [1.82, 2.24) is 20.3 Å². The second-order valence-corrected chi connectivity index (χ2v) is 9.81. The predicted octanol–water partition coefficient (Wildman–Crippen LogP) is 4.27. The summed E-state index contributed by atoms with van der Waals surface area (Å²) < 4.78 is 0. The highest BCUT2D eigenvalue weighted by Gasteiger charge is 2.30. The fourth-order valence-corrected chi connectivity index (χ4v) is 5.76. The SMILES string of the molecule is NC(=O)c1c(NC(=O)Nc2cc(Cl)cc(Cl)c2)sc2c1CCN(C(=O)c1ccc3[nH]nnc3c1)C2. The Morgan fingerprint density at radius 2 is 1.86 bits per heavy atom. The van der Waals surface area contributed by atoms with Gasteiger partial charge in [0, 0.05) is 32.7 Å². The zero-order valence-corrected chi connectivity index (χ0v) is 20.2. The van der Waals surface area contributed by atoms with Crippen LogP contribution in [-0.2, 0) is 13.0 Å². The lowest BCUT2D eigenvalue weighted by Crippen LogP contribution is -2.36. The lowest BCUT2D eigenvalue weighted by Gasteiger charge is -2.27. The first kappa shape index (κ1) is 23.1. The number of urea groups is 1. The average molecular weight is 530 g/mol. The molecule has 4 aromatic rings. The fraction of sp³-hybridized carbons (Fsp3) is 0.136. The van der Waals surface area contributed by atoms with Gasteiger partial charge in [0.25, 0.3) is 11.8 Å². The maximum Gasteiger partial charge on any atom is 0.324 e. The lowest BCUT2D eigenvalue weighted by atomic mass is 10.0. The molecule has 0 spiro atoms. The fourth-order valence-electron chi connectivity index (χ4n) is 3.97. The Morgan fingerprint density at radius 1 is 1.09 bits per heavy atom. The molecule has 178 valence electrons. The van der Waals surface area contributed by atoms with Crippen molar-refractivity contribution in [2.24, 2.45) is 5.73 Å². The minimum atomic E-state index is -0.653. The van der Waals surface area contributed by atoms with Gasteiger partial charge in [-0.1, -0.05) is 28.4 Å². The topological polar surface area (TPSA) is 146 Å². The van der Waals surface area contributed by atoms with Crippen LogP contribution in [0.3, 0.4) is 0 Å². The van der Waals surface area contributed by atoms with Crippen LogP contribution in [0.4, 0.5) is 15.5 Å². The van der Waals surface area contributed by atoms with Crippen molar-refractivity contribution in [1.29, 1.82) is 0 Å². The van der Waals surface area contributed by atoms with Crippen LogP contribution >= 0.6 is 34.5 Å². The maximum absolute atomic E-state index is 13.1. The number of nitrogens with two attached hydrogens (primary N) is 1. The monoisotopic (exact) mass is 529 g/mol. The van der Waals surface area contributed by atoms with E-state index >= 15 is 0 Å². The quantitative estimate of drug-likeness (QED) is 0.311. The van der Waals surface area contributed by atoms with Gasteiger partial charge >= 0.3 is 6.03 Å². The van der Waals surface area contributed by atoms with Gasteiger partial charge in [0.2, 0.25) is 0 Å². The molecule has 1 aliphatic heterocycles. The third-order valence-electron chi connectivity index (χ3n) is 5.51. The van der Waals surface area contributed by atoms with Crippen LogP contribution in [0.25, 0.3) is 11.0 Å². The number of thiophene rings is 1. The van der Waals surface area contributed by atoms with Gasteiger partial charge in [0.05, 0.1) is 17.6 Å². The van der Waals surface area contributed by atoms with Gasteiger partial charge in [-0.25, -0.2) is 4.79 Å². The Labute approximate surface area is 212 Å². The van der Waals surface area contributed by atoms with Gasteiger partial charge in [-0.05, 0) is 48.4 Å². The molecule has 0 fully saturated rings. The summed E-state index contributed by atoms with van der Waals surface area (Å²) in [5, 5.41) is 16.8. The van der Waals surface area contributed by atoms with Gasteiger partial charge in [-0.2, -0.15) is 0 Å². The van der Waals surface area contributed by atoms with E-state index in [2.05, 4.69) is 26.0 Å². The molecule has 0 bridgehead atoms. The first-order chi connectivity index (χ1) is 16.8. The van der Waals surface area contributed by atoms with Gasteiger partial charge in [-0.15, -0.1) is 16.4 Å². The summed E-state index contributed by atoms with van der Waals surface area (Å²) in [6.45, 7) is 0.676.